The van der Waals surface area contributed by atoms with E-state index in [-0.39, 0.29) is 16.7 Å². The monoisotopic (exact) mass is 611 g/mol. The molecule has 1 fully saturated rings. The number of rotatable bonds is 6. The van der Waals surface area contributed by atoms with Crippen LogP contribution in [0.25, 0.3) is 22.0 Å². The van der Waals surface area contributed by atoms with Crippen molar-refractivity contribution >= 4 is 28.1 Å². The standard InChI is InChI=1S/C33H34FN7O4/c1-33(2,3)23-13-22-18-37-41(32(44)30(22)26(34)15-23)27-6-4-5-24(25(27)19-42)21-14-29(39-36-17-21)38-28-8-7-20(16-35-28)31(43)40-9-11-45-12-10-40/h4-8,13-18,36,39,42H,9-12,19H2,1-3H3,(H,35,38). The molecule has 232 valence electrons. The number of nitrogens with one attached hydrogen (secondary N) is 3. The lowest BCUT2D eigenvalue weighted by molar-refractivity contribution is 0.0302. The Bertz CT molecular complexity index is 1890. The van der Waals surface area contributed by atoms with E-state index in [1.807, 2.05) is 32.9 Å². The number of nitrogens with zero attached hydrogens (tertiary/aromatic N) is 4. The quantitative estimate of drug-likeness (QED) is 0.258. The molecular formula is C33H34FN7O4. The van der Waals surface area contributed by atoms with Gasteiger partial charge in [0.15, 0.2) is 0 Å². The topological polar surface area (TPSA) is 134 Å². The van der Waals surface area contributed by atoms with Crippen LogP contribution in [0.4, 0.5) is 10.2 Å². The van der Waals surface area contributed by atoms with E-state index in [0.717, 1.165) is 10.2 Å². The number of carbonyl (C=O) groups is 1. The first-order valence-electron chi connectivity index (χ1n) is 14.6. The average molecular weight is 612 g/mol. The van der Waals surface area contributed by atoms with Gasteiger partial charge < -0.3 is 25.5 Å². The molecule has 0 saturated carbocycles. The van der Waals surface area contributed by atoms with Crippen molar-refractivity contribution in [2.75, 3.05) is 31.6 Å². The first kappa shape index (κ1) is 30.0. The number of benzene rings is 2. The van der Waals surface area contributed by atoms with Gasteiger partial charge in [-0.1, -0.05) is 32.9 Å². The molecule has 11 nitrogen and oxygen atoms in total. The van der Waals surface area contributed by atoms with Crippen LogP contribution in [0.15, 0.2) is 77.7 Å². The normalized spacial score (nSPS) is 15.2. The number of morpholine rings is 1. The van der Waals surface area contributed by atoms with Gasteiger partial charge in [-0.05, 0) is 52.9 Å². The second-order valence-electron chi connectivity index (χ2n) is 11.9. The van der Waals surface area contributed by atoms with Crippen molar-refractivity contribution in [1.29, 1.82) is 0 Å². The third-order valence-corrected chi connectivity index (χ3v) is 7.86. The summed E-state index contributed by atoms with van der Waals surface area (Å²) in [6.45, 7) is 7.67. The van der Waals surface area contributed by atoms with E-state index in [4.69, 9.17) is 4.74 Å². The van der Waals surface area contributed by atoms with Gasteiger partial charge in [-0.3, -0.25) is 15.0 Å². The number of hydrogen-bond acceptors (Lipinski definition) is 9. The molecule has 2 aromatic carbocycles. The largest absolute Gasteiger partial charge is 0.392 e. The average Bonchev–Trinajstić information content (AvgIpc) is 3.04. The molecule has 0 spiro atoms. The number of amides is 1. The molecule has 0 radical (unpaired) electrons. The molecule has 45 heavy (non-hydrogen) atoms. The van der Waals surface area contributed by atoms with Gasteiger partial charge in [0, 0.05) is 42.0 Å². The molecule has 2 aromatic heterocycles. The third kappa shape index (κ3) is 6.02. The highest BCUT2D eigenvalue weighted by Crippen LogP contribution is 2.29. The maximum absolute atomic E-state index is 15.3. The second kappa shape index (κ2) is 12.1. The Balaban J connectivity index is 1.28. The number of aromatic nitrogens is 3. The number of anilines is 1. The molecule has 4 heterocycles. The second-order valence-corrected chi connectivity index (χ2v) is 11.9. The summed E-state index contributed by atoms with van der Waals surface area (Å²) in [6, 6.07) is 11.8. The first-order chi connectivity index (χ1) is 21.6. The fourth-order valence-electron chi connectivity index (χ4n) is 5.38. The Morgan fingerprint density at radius 2 is 1.93 bits per heavy atom. The van der Waals surface area contributed by atoms with Gasteiger partial charge >= 0.3 is 0 Å². The van der Waals surface area contributed by atoms with Crippen molar-refractivity contribution in [1.82, 2.24) is 30.5 Å². The summed E-state index contributed by atoms with van der Waals surface area (Å²) in [5.41, 5.74) is 8.44. The summed E-state index contributed by atoms with van der Waals surface area (Å²) < 4.78 is 21.7. The number of ether oxygens (including phenoxy) is 1. The van der Waals surface area contributed by atoms with Crippen molar-refractivity contribution in [2.24, 2.45) is 0 Å². The van der Waals surface area contributed by atoms with Crippen LogP contribution < -0.4 is 21.7 Å². The fourth-order valence-corrected chi connectivity index (χ4v) is 5.38. The van der Waals surface area contributed by atoms with E-state index in [1.165, 1.54) is 18.5 Å². The van der Waals surface area contributed by atoms with Gasteiger partial charge in [-0.25, -0.2) is 9.37 Å². The van der Waals surface area contributed by atoms with Crippen molar-refractivity contribution in [3.05, 3.63) is 111 Å². The van der Waals surface area contributed by atoms with Gasteiger partial charge in [0.05, 0.1) is 42.7 Å². The molecule has 1 saturated heterocycles. The number of pyridine rings is 1. The van der Waals surface area contributed by atoms with E-state index in [9.17, 15) is 14.7 Å². The molecular weight excluding hydrogens is 577 g/mol. The molecule has 2 aliphatic heterocycles. The maximum Gasteiger partial charge on any atom is 0.282 e. The lowest BCUT2D eigenvalue weighted by Crippen LogP contribution is -2.40. The summed E-state index contributed by atoms with van der Waals surface area (Å²) in [6.07, 6.45) is 6.53. The van der Waals surface area contributed by atoms with Crippen LogP contribution in [0.1, 0.15) is 47.8 Å². The summed E-state index contributed by atoms with van der Waals surface area (Å²) in [5.74, 6) is 0.360. The number of hydrazine groups is 1. The minimum atomic E-state index is -0.616. The van der Waals surface area contributed by atoms with E-state index in [2.05, 4.69) is 26.3 Å². The highest BCUT2D eigenvalue weighted by molar-refractivity contribution is 5.94. The molecule has 0 aliphatic carbocycles. The Kier molecular flexibility index (Phi) is 8.09. The molecule has 0 bridgehead atoms. The van der Waals surface area contributed by atoms with Gasteiger partial charge in [0.1, 0.15) is 17.5 Å². The molecule has 2 aliphatic rings. The van der Waals surface area contributed by atoms with Crippen LogP contribution in [-0.2, 0) is 16.8 Å². The highest BCUT2D eigenvalue weighted by atomic mass is 19.1. The van der Waals surface area contributed by atoms with Gasteiger partial charge in [-0.2, -0.15) is 9.78 Å². The lowest BCUT2D eigenvalue weighted by atomic mass is 9.86. The maximum atomic E-state index is 15.3. The minimum Gasteiger partial charge on any atom is -0.392 e. The molecule has 4 N–H and O–H groups in total. The number of hydrogen-bond donors (Lipinski definition) is 4. The Morgan fingerprint density at radius 1 is 1.13 bits per heavy atom. The number of allylic oxidation sites excluding steroid dienone is 2. The predicted molar refractivity (Wildman–Crippen MR) is 169 cm³/mol. The van der Waals surface area contributed by atoms with Crippen LogP contribution in [0.3, 0.4) is 0 Å². The van der Waals surface area contributed by atoms with Crippen molar-refractivity contribution < 1.29 is 19.0 Å². The van der Waals surface area contributed by atoms with E-state index >= 15 is 4.39 Å². The van der Waals surface area contributed by atoms with Gasteiger partial charge in [0.2, 0.25) is 0 Å². The van der Waals surface area contributed by atoms with Crippen molar-refractivity contribution in [3.63, 3.8) is 0 Å². The summed E-state index contributed by atoms with van der Waals surface area (Å²) in [7, 11) is 0. The Morgan fingerprint density at radius 3 is 2.64 bits per heavy atom. The van der Waals surface area contributed by atoms with Crippen LogP contribution in [0.5, 0.6) is 0 Å². The minimum absolute atomic E-state index is 0.0633. The molecule has 6 rings (SSSR count). The molecule has 4 aromatic rings. The summed E-state index contributed by atoms with van der Waals surface area (Å²) in [4.78, 5) is 32.5. The van der Waals surface area contributed by atoms with Crippen LogP contribution >= 0.6 is 0 Å². The smallest absolute Gasteiger partial charge is 0.282 e. The van der Waals surface area contributed by atoms with Crippen LogP contribution in [0, 0.1) is 5.82 Å². The zero-order valence-electron chi connectivity index (χ0n) is 25.2. The van der Waals surface area contributed by atoms with Crippen molar-refractivity contribution in [3.8, 4) is 5.69 Å². The zero-order chi connectivity index (χ0) is 31.7. The molecule has 0 unspecified atom stereocenters. The number of aliphatic hydroxyl groups excluding tert-OH is 1. The van der Waals surface area contributed by atoms with Crippen molar-refractivity contribution in [2.45, 2.75) is 32.8 Å². The van der Waals surface area contributed by atoms with E-state index < -0.39 is 18.0 Å². The van der Waals surface area contributed by atoms with E-state index in [1.54, 1.807) is 41.4 Å². The van der Waals surface area contributed by atoms with Crippen LogP contribution in [0.2, 0.25) is 0 Å². The fraction of sp³-hybridized carbons (Fsp3) is 0.273. The Labute approximate surface area is 259 Å². The van der Waals surface area contributed by atoms with Gasteiger partial charge in [0.25, 0.3) is 11.5 Å². The van der Waals surface area contributed by atoms with Gasteiger partial charge in [-0.15, -0.1) is 0 Å². The molecule has 0 atom stereocenters. The van der Waals surface area contributed by atoms with Crippen LogP contribution in [-0.4, -0.2) is 57.0 Å². The Hall–Kier alpha value is -5.07. The summed E-state index contributed by atoms with van der Waals surface area (Å²) in [5, 5.41) is 18.4. The number of halogens is 1. The summed E-state index contributed by atoms with van der Waals surface area (Å²) >= 11 is 0. The predicted octanol–water partition coefficient (Wildman–Crippen LogP) is 3.58. The molecule has 12 heteroatoms. The zero-order valence-corrected chi connectivity index (χ0v) is 25.2. The third-order valence-electron chi connectivity index (χ3n) is 7.86. The lowest BCUT2D eigenvalue weighted by Gasteiger charge is -2.26. The SMILES string of the molecule is CC(C)(C)c1cc(F)c2c(=O)n(-c3cccc(C4=CNNC(Nc5ccc(C(=O)N6CCOCC6)cn5)=C4)c3CO)ncc2c1. The first-order valence-corrected chi connectivity index (χ1v) is 14.6. The number of fused-ring (bicyclic) bond motifs is 1. The number of aliphatic hydroxyl groups is 1. The highest BCUT2D eigenvalue weighted by Gasteiger charge is 2.22. The molecule has 1 amide bonds. The number of carbonyl (C=O) groups excluding carboxylic acids is 1. The van der Waals surface area contributed by atoms with E-state index in [0.29, 0.717) is 71.3 Å².